The van der Waals surface area contributed by atoms with E-state index in [1.807, 2.05) is 0 Å². The zero-order valence-electron chi connectivity index (χ0n) is 25.2. The SMILES string of the molecule is C=CC(=O)OC1COC2C(OC(=O)C=C)COC12.C=CC(=O)OCC(O)COC1COC2C(OCC(O)COC(=O)C=C)COC12. The van der Waals surface area contributed by atoms with E-state index in [0.717, 1.165) is 24.3 Å². The van der Waals surface area contributed by atoms with Crippen LogP contribution in [0.3, 0.4) is 0 Å². The minimum absolute atomic E-state index is 0.0516. The van der Waals surface area contributed by atoms with Crippen LogP contribution in [0.1, 0.15) is 0 Å². The highest BCUT2D eigenvalue weighted by molar-refractivity contribution is 5.82. The molecule has 0 aromatic carbocycles. The van der Waals surface area contributed by atoms with Crippen LogP contribution in [0.25, 0.3) is 0 Å². The van der Waals surface area contributed by atoms with Crippen LogP contribution in [0.15, 0.2) is 50.6 Å². The van der Waals surface area contributed by atoms with E-state index in [1.54, 1.807) is 0 Å². The smallest absolute Gasteiger partial charge is 0.330 e. The molecule has 4 aliphatic rings. The molecule has 0 aromatic rings. The normalized spacial score (nSPS) is 30.3. The number of carbonyl (C=O) groups is 4. The van der Waals surface area contributed by atoms with Crippen molar-refractivity contribution in [1.82, 2.24) is 0 Å². The van der Waals surface area contributed by atoms with Gasteiger partial charge in [0.05, 0.1) is 39.6 Å². The summed E-state index contributed by atoms with van der Waals surface area (Å²) in [5.41, 5.74) is 0. The van der Waals surface area contributed by atoms with E-state index in [-0.39, 0.29) is 65.1 Å². The predicted molar refractivity (Wildman–Crippen MR) is 153 cm³/mol. The Hall–Kier alpha value is -3.48. The fraction of sp³-hybridized carbons (Fsp3) is 0.600. The van der Waals surface area contributed by atoms with Gasteiger partial charge in [-0.2, -0.15) is 0 Å². The number of aliphatic hydroxyl groups excluding tert-OH is 2. The van der Waals surface area contributed by atoms with E-state index < -0.39 is 72.7 Å². The first-order valence-electron chi connectivity index (χ1n) is 14.4. The summed E-state index contributed by atoms with van der Waals surface area (Å²) in [6.07, 6.45) is -1.12. The quantitative estimate of drug-likeness (QED) is 0.113. The van der Waals surface area contributed by atoms with Gasteiger partial charge in [-0.25, -0.2) is 19.2 Å². The lowest BCUT2D eigenvalue weighted by atomic mass is 10.1. The zero-order valence-corrected chi connectivity index (χ0v) is 25.2. The molecule has 4 heterocycles. The van der Waals surface area contributed by atoms with Crippen molar-refractivity contribution >= 4 is 23.9 Å². The maximum absolute atomic E-state index is 11.1. The van der Waals surface area contributed by atoms with Crippen molar-refractivity contribution < 1.29 is 76.8 Å². The molecule has 4 fully saturated rings. The Labute approximate surface area is 265 Å². The summed E-state index contributed by atoms with van der Waals surface area (Å²) in [5.74, 6) is -2.30. The number of hydrogen-bond acceptors (Lipinski definition) is 16. The van der Waals surface area contributed by atoms with E-state index in [4.69, 9.17) is 47.4 Å². The van der Waals surface area contributed by atoms with Crippen molar-refractivity contribution in [2.24, 2.45) is 0 Å². The van der Waals surface area contributed by atoms with Gasteiger partial charge in [-0.3, -0.25) is 0 Å². The molecule has 2 N–H and O–H groups in total. The molecule has 4 aliphatic heterocycles. The fourth-order valence-electron chi connectivity index (χ4n) is 4.78. The largest absolute Gasteiger partial charge is 0.460 e. The number of carbonyl (C=O) groups excluding carboxylic acids is 4. The Balaban J connectivity index is 0.000000275. The van der Waals surface area contributed by atoms with E-state index in [0.29, 0.717) is 0 Å². The minimum atomic E-state index is -0.982. The molecule has 16 nitrogen and oxygen atoms in total. The topological polar surface area (TPSA) is 201 Å². The summed E-state index contributed by atoms with van der Waals surface area (Å²) in [4.78, 5) is 44.2. The van der Waals surface area contributed by atoms with Gasteiger partial charge in [0.15, 0.2) is 12.2 Å². The molecule has 46 heavy (non-hydrogen) atoms. The highest BCUT2D eigenvalue weighted by atomic mass is 16.7. The summed E-state index contributed by atoms with van der Waals surface area (Å²) >= 11 is 0. The Kier molecular flexibility index (Phi) is 15.0. The van der Waals surface area contributed by atoms with Gasteiger partial charge >= 0.3 is 23.9 Å². The number of ether oxygens (including phenoxy) is 10. The van der Waals surface area contributed by atoms with E-state index in [1.165, 1.54) is 0 Å². The Morgan fingerprint density at radius 2 is 0.848 bits per heavy atom. The van der Waals surface area contributed by atoms with Crippen molar-refractivity contribution in [3.8, 4) is 0 Å². The Bertz CT molecular complexity index is 1010. The van der Waals surface area contributed by atoms with Crippen LogP contribution in [0.4, 0.5) is 0 Å². The average molecular weight is 657 g/mol. The molecule has 256 valence electrons. The zero-order chi connectivity index (χ0) is 33.6. The minimum Gasteiger partial charge on any atom is -0.460 e. The highest BCUT2D eigenvalue weighted by Gasteiger charge is 2.51. The Morgan fingerprint density at radius 1 is 0.543 bits per heavy atom. The maximum atomic E-state index is 11.1. The predicted octanol–water partition coefficient (Wildman–Crippen LogP) is -1.29. The average Bonchev–Trinajstić information content (AvgIpc) is 3.85. The summed E-state index contributed by atoms with van der Waals surface area (Å²) in [7, 11) is 0. The number of rotatable bonds is 16. The summed E-state index contributed by atoms with van der Waals surface area (Å²) in [6.45, 7) is 13.6. The molecule has 0 aromatic heterocycles. The van der Waals surface area contributed by atoms with Gasteiger partial charge in [-0.05, 0) is 0 Å². The van der Waals surface area contributed by atoms with Crippen LogP contribution in [0.5, 0.6) is 0 Å². The van der Waals surface area contributed by atoms with E-state index in [2.05, 4.69) is 26.3 Å². The molecule has 0 aliphatic carbocycles. The van der Waals surface area contributed by atoms with Crippen molar-refractivity contribution in [3.63, 3.8) is 0 Å². The van der Waals surface area contributed by atoms with Crippen LogP contribution in [-0.2, 0) is 66.5 Å². The van der Waals surface area contributed by atoms with Crippen molar-refractivity contribution in [2.75, 3.05) is 52.9 Å². The van der Waals surface area contributed by atoms with Gasteiger partial charge in [-0.15, -0.1) is 0 Å². The first-order chi connectivity index (χ1) is 22.1. The van der Waals surface area contributed by atoms with Gasteiger partial charge in [0.1, 0.15) is 62.0 Å². The summed E-state index contributed by atoms with van der Waals surface area (Å²) in [5, 5.41) is 19.6. The molecule has 0 spiro atoms. The summed E-state index contributed by atoms with van der Waals surface area (Å²) in [6, 6.07) is 0. The van der Waals surface area contributed by atoms with Crippen LogP contribution in [0.2, 0.25) is 0 Å². The van der Waals surface area contributed by atoms with Gasteiger partial charge in [0.25, 0.3) is 0 Å². The van der Waals surface area contributed by atoms with Gasteiger partial charge < -0.3 is 57.6 Å². The monoisotopic (exact) mass is 656 g/mol. The van der Waals surface area contributed by atoms with E-state index in [9.17, 15) is 29.4 Å². The second-order valence-electron chi connectivity index (χ2n) is 10.3. The molecule has 16 heteroatoms. The lowest BCUT2D eigenvalue weighted by Crippen LogP contribution is -2.37. The van der Waals surface area contributed by atoms with Gasteiger partial charge in [0.2, 0.25) is 0 Å². The molecule has 0 bridgehead atoms. The van der Waals surface area contributed by atoms with Crippen molar-refractivity contribution in [2.45, 2.75) is 61.0 Å². The third-order valence-electron chi connectivity index (χ3n) is 6.97. The third kappa shape index (κ3) is 10.8. The molecule has 0 saturated carbocycles. The first kappa shape index (κ1) is 37.0. The fourth-order valence-corrected chi connectivity index (χ4v) is 4.78. The summed E-state index contributed by atoms with van der Waals surface area (Å²) < 4.78 is 53.1. The number of esters is 4. The van der Waals surface area contributed by atoms with Crippen LogP contribution in [-0.4, -0.2) is 148 Å². The molecule has 0 amide bonds. The van der Waals surface area contributed by atoms with Crippen molar-refractivity contribution in [1.29, 1.82) is 0 Å². The number of aliphatic hydroxyl groups is 2. The molecule has 10 atom stereocenters. The molecular weight excluding hydrogens is 616 g/mol. The number of fused-ring (bicyclic) bond motifs is 2. The van der Waals surface area contributed by atoms with Crippen molar-refractivity contribution in [3.05, 3.63) is 50.6 Å². The lowest BCUT2D eigenvalue weighted by Gasteiger charge is -2.19. The van der Waals surface area contributed by atoms with Crippen LogP contribution < -0.4 is 0 Å². The van der Waals surface area contributed by atoms with Crippen LogP contribution in [0, 0.1) is 0 Å². The maximum Gasteiger partial charge on any atom is 0.330 e. The van der Waals surface area contributed by atoms with Crippen LogP contribution >= 0.6 is 0 Å². The molecular formula is C30H40O16. The lowest BCUT2D eigenvalue weighted by molar-refractivity contribution is -0.149. The second-order valence-corrected chi connectivity index (χ2v) is 10.3. The number of hydrogen-bond donors (Lipinski definition) is 2. The standard InChI is InChI=1S/C18H26O10.C12H14O6/c1-3-15(21)25-7-11(19)5-23-13-9-27-18-14(10-28-17(13)18)24-6-12(20)8-26-16(22)4-2;1-3-9(13)17-7-5-15-12-8(6-16-11(7)12)18-10(14)4-2/h3-4,11-14,17-20H,1-2,5-10H2;3-4,7-8,11-12H,1-2,5-6H2. The Morgan fingerprint density at radius 3 is 1.17 bits per heavy atom. The second kappa shape index (κ2) is 18.6. The molecule has 10 unspecified atom stereocenters. The first-order valence-corrected chi connectivity index (χ1v) is 14.4. The third-order valence-corrected chi connectivity index (χ3v) is 6.97. The van der Waals surface area contributed by atoms with Gasteiger partial charge in [-0.1, -0.05) is 26.3 Å². The highest BCUT2D eigenvalue weighted by Crippen LogP contribution is 2.31. The van der Waals surface area contributed by atoms with E-state index >= 15 is 0 Å². The molecule has 4 saturated heterocycles. The van der Waals surface area contributed by atoms with Gasteiger partial charge in [0, 0.05) is 24.3 Å². The molecule has 4 rings (SSSR count). The molecule has 0 radical (unpaired) electrons.